The third kappa shape index (κ3) is 3.96. The molecule has 0 saturated carbocycles. The summed E-state index contributed by atoms with van der Waals surface area (Å²) in [7, 11) is 0. The maximum absolute atomic E-state index is 10.6. The zero-order valence-corrected chi connectivity index (χ0v) is 10.2. The monoisotopic (exact) mass is 247 g/mol. The number of pyridine rings is 1. The minimum atomic E-state index is -0.107. The summed E-state index contributed by atoms with van der Waals surface area (Å²) < 4.78 is 10.9. The Morgan fingerprint density at radius 1 is 1.44 bits per heavy atom. The van der Waals surface area contributed by atoms with Gasteiger partial charge in [0.05, 0.1) is 12.9 Å². The van der Waals surface area contributed by atoms with E-state index in [2.05, 4.69) is 4.98 Å². The fraction of sp³-hybridized carbons (Fsp3) is 0.429. The zero-order chi connectivity index (χ0) is 12.6. The minimum Gasteiger partial charge on any atom is -0.473 e. The lowest BCUT2D eigenvalue weighted by Gasteiger charge is -2.21. The Morgan fingerprint density at radius 3 is 3.17 bits per heavy atom. The lowest BCUT2D eigenvalue weighted by Crippen LogP contribution is -2.20. The van der Waals surface area contributed by atoms with Crippen molar-refractivity contribution in [3.05, 3.63) is 41.9 Å². The van der Waals surface area contributed by atoms with E-state index < -0.39 is 0 Å². The summed E-state index contributed by atoms with van der Waals surface area (Å²) in [5.74, 6) is 0. The molecule has 4 heteroatoms. The van der Waals surface area contributed by atoms with Crippen LogP contribution in [0.25, 0.3) is 0 Å². The highest BCUT2D eigenvalue weighted by Gasteiger charge is 2.12. The van der Waals surface area contributed by atoms with Gasteiger partial charge in [-0.05, 0) is 31.1 Å². The van der Waals surface area contributed by atoms with Crippen molar-refractivity contribution in [2.75, 3.05) is 6.61 Å². The van der Waals surface area contributed by atoms with Crippen molar-refractivity contribution < 1.29 is 14.3 Å². The number of rotatable bonds is 5. The van der Waals surface area contributed by atoms with Crippen LogP contribution in [-0.2, 0) is 15.9 Å². The van der Waals surface area contributed by atoms with E-state index in [0.717, 1.165) is 37.8 Å². The maximum Gasteiger partial charge on any atom is 0.198 e. The lowest BCUT2D eigenvalue weighted by atomic mass is 10.2. The van der Waals surface area contributed by atoms with Crippen molar-refractivity contribution in [3.63, 3.8) is 0 Å². The molecule has 0 aromatic carbocycles. The van der Waals surface area contributed by atoms with E-state index in [0.29, 0.717) is 12.1 Å². The molecule has 1 aliphatic rings. The molecule has 0 spiro atoms. The molecular weight excluding hydrogens is 230 g/mol. The van der Waals surface area contributed by atoms with Crippen molar-refractivity contribution in [3.8, 4) is 0 Å². The molecular formula is C14H17NO3. The molecule has 1 fully saturated rings. The van der Waals surface area contributed by atoms with Gasteiger partial charge in [-0.15, -0.1) is 0 Å². The predicted octanol–water partition coefficient (Wildman–Crippen LogP) is 2.49. The molecule has 0 radical (unpaired) electrons. The number of hydrogen-bond donors (Lipinski definition) is 0. The van der Waals surface area contributed by atoms with Gasteiger partial charge in [0.25, 0.3) is 0 Å². The molecule has 1 aromatic heterocycles. The molecule has 1 atom stereocenters. The summed E-state index contributed by atoms with van der Waals surface area (Å²) in [5, 5.41) is 0. The molecule has 0 aliphatic carbocycles. The van der Waals surface area contributed by atoms with Gasteiger partial charge in [-0.3, -0.25) is 4.79 Å². The number of carbonyl (C=O) groups is 1. The minimum absolute atomic E-state index is 0.107. The van der Waals surface area contributed by atoms with E-state index in [1.807, 2.05) is 18.2 Å². The van der Waals surface area contributed by atoms with Gasteiger partial charge in [-0.25, -0.2) is 4.98 Å². The zero-order valence-electron chi connectivity index (χ0n) is 10.2. The van der Waals surface area contributed by atoms with Crippen LogP contribution < -0.4 is 0 Å². The highest BCUT2D eigenvalue weighted by Crippen LogP contribution is 2.13. The summed E-state index contributed by atoms with van der Waals surface area (Å²) in [6, 6.07) is 5.39. The Morgan fingerprint density at radius 2 is 2.39 bits per heavy atom. The van der Waals surface area contributed by atoms with E-state index in [-0.39, 0.29) is 6.29 Å². The molecule has 1 aliphatic heterocycles. The van der Waals surface area contributed by atoms with Crippen LogP contribution in [0.1, 0.15) is 35.4 Å². The first-order valence-electron chi connectivity index (χ1n) is 6.21. The largest absolute Gasteiger partial charge is 0.473 e. The van der Waals surface area contributed by atoms with Crippen LogP contribution in [0.4, 0.5) is 0 Å². The van der Waals surface area contributed by atoms with E-state index in [1.165, 1.54) is 0 Å². The number of aldehydes is 1. The summed E-state index contributed by atoms with van der Waals surface area (Å²) in [6.45, 7) is 0.779. The quantitative estimate of drug-likeness (QED) is 0.592. The van der Waals surface area contributed by atoms with Crippen molar-refractivity contribution in [1.82, 2.24) is 4.98 Å². The van der Waals surface area contributed by atoms with Gasteiger partial charge >= 0.3 is 0 Å². The van der Waals surface area contributed by atoms with E-state index >= 15 is 0 Å². The average Bonchev–Trinajstić information content (AvgIpc) is 2.45. The van der Waals surface area contributed by atoms with Gasteiger partial charge in [0.1, 0.15) is 5.69 Å². The van der Waals surface area contributed by atoms with E-state index in [1.54, 1.807) is 12.3 Å². The fourth-order valence-electron chi connectivity index (χ4n) is 1.81. The van der Waals surface area contributed by atoms with Gasteiger partial charge in [0, 0.05) is 18.5 Å². The molecule has 2 heterocycles. The highest BCUT2D eigenvalue weighted by atomic mass is 16.7. The first-order valence-corrected chi connectivity index (χ1v) is 6.21. The van der Waals surface area contributed by atoms with Gasteiger partial charge < -0.3 is 9.47 Å². The third-order valence-electron chi connectivity index (χ3n) is 2.74. The molecule has 0 amide bonds. The van der Waals surface area contributed by atoms with Gasteiger partial charge in [0.2, 0.25) is 0 Å². The second-order valence-electron chi connectivity index (χ2n) is 4.18. The smallest absolute Gasteiger partial charge is 0.198 e. The molecule has 0 bridgehead atoms. The second kappa shape index (κ2) is 6.91. The molecule has 2 rings (SSSR count). The Kier molecular flexibility index (Phi) is 4.90. The maximum atomic E-state index is 10.6. The van der Waals surface area contributed by atoms with Gasteiger partial charge in [-0.1, -0.05) is 6.07 Å². The fourth-order valence-corrected chi connectivity index (χ4v) is 1.81. The summed E-state index contributed by atoms with van der Waals surface area (Å²) >= 11 is 0. The van der Waals surface area contributed by atoms with E-state index in [9.17, 15) is 4.79 Å². The van der Waals surface area contributed by atoms with Crippen molar-refractivity contribution in [2.24, 2.45) is 0 Å². The average molecular weight is 247 g/mol. The second-order valence-corrected chi connectivity index (χ2v) is 4.18. The van der Waals surface area contributed by atoms with E-state index in [4.69, 9.17) is 9.47 Å². The summed E-state index contributed by atoms with van der Waals surface area (Å²) in [4.78, 5) is 14.7. The summed E-state index contributed by atoms with van der Waals surface area (Å²) in [6.07, 6.45) is 8.05. The number of aromatic nitrogens is 1. The molecule has 1 unspecified atom stereocenters. The number of ether oxygens (including phenoxy) is 2. The Bertz CT molecular complexity index is 411. The standard InChI is InChI=1S/C14H17NO3/c16-11-13-6-3-5-12(15-13)7-4-10-18-14-8-1-2-9-17-14/h3-6,10-11,14H,1-2,7-9H2/b10-4+. The molecule has 1 aromatic rings. The molecule has 4 nitrogen and oxygen atoms in total. The number of allylic oxidation sites excluding steroid dienone is 1. The van der Waals surface area contributed by atoms with Gasteiger partial charge in [-0.2, -0.15) is 0 Å². The van der Waals surface area contributed by atoms with Crippen molar-refractivity contribution >= 4 is 6.29 Å². The molecule has 96 valence electrons. The Hall–Kier alpha value is -1.68. The lowest BCUT2D eigenvalue weighted by molar-refractivity contribution is -0.129. The molecule has 18 heavy (non-hydrogen) atoms. The van der Waals surface area contributed by atoms with Crippen molar-refractivity contribution in [2.45, 2.75) is 32.0 Å². The predicted molar refractivity (Wildman–Crippen MR) is 67.1 cm³/mol. The molecule has 1 saturated heterocycles. The third-order valence-corrected chi connectivity index (χ3v) is 2.74. The van der Waals surface area contributed by atoms with Crippen LogP contribution in [0, 0.1) is 0 Å². The number of carbonyl (C=O) groups excluding carboxylic acids is 1. The van der Waals surface area contributed by atoms with Crippen LogP contribution in [0.5, 0.6) is 0 Å². The van der Waals surface area contributed by atoms with Crippen LogP contribution in [0.2, 0.25) is 0 Å². The van der Waals surface area contributed by atoms with Crippen LogP contribution in [0.15, 0.2) is 30.5 Å². The van der Waals surface area contributed by atoms with Crippen molar-refractivity contribution in [1.29, 1.82) is 0 Å². The molecule has 0 N–H and O–H groups in total. The first-order chi connectivity index (χ1) is 8.88. The van der Waals surface area contributed by atoms with Crippen LogP contribution in [-0.4, -0.2) is 24.2 Å². The van der Waals surface area contributed by atoms with Crippen LogP contribution in [0.3, 0.4) is 0 Å². The highest BCUT2D eigenvalue weighted by molar-refractivity contribution is 5.71. The SMILES string of the molecule is O=Cc1cccc(C/C=C/OC2CCCCO2)n1. The topological polar surface area (TPSA) is 48.4 Å². The Balaban J connectivity index is 1.77. The number of nitrogens with zero attached hydrogens (tertiary/aromatic N) is 1. The first kappa shape index (κ1) is 12.8. The van der Waals surface area contributed by atoms with Gasteiger partial charge in [0.15, 0.2) is 12.6 Å². The number of hydrogen-bond acceptors (Lipinski definition) is 4. The Labute approximate surface area is 107 Å². The normalized spacial score (nSPS) is 19.9. The summed E-state index contributed by atoms with van der Waals surface area (Å²) in [5.41, 5.74) is 1.31. The van der Waals surface area contributed by atoms with Crippen LogP contribution >= 0.6 is 0 Å².